The predicted octanol–water partition coefficient (Wildman–Crippen LogP) is 1.92. The molecule has 2 aliphatic rings. The van der Waals surface area contributed by atoms with Crippen molar-refractivity contribution in [3.63, 3.8) is 0 Å². The second kappa shape index (κ2) is 8.80. The fourth-order valence-corrected chi connectivity index (χ4v) is 2.85. The van der Waals surface area contributed by atoms with Crippen LogP contribution in [0, 0.1) is 0 Å². The Labute approximate surface area is 178 Å². The van der Waals surface area contributed by atoms with E-state index in [0.717, 1.165) is 12.8 Å². The van der Waals surface area contributed by atoms with Gasteiger partial charge in [-0.05, 0) is 49.2 Å². The molecule has 0 spiro atoms. The number of carbonyl (C=O) groups excluding carboxylic acids is 3. The Hall–Kier alpha value is -3.98. The molecule has 4 rings (SSSR count). The Morgan fingerprint density at radius 2 is 1.87 bits per heavy atom. The molecule has 2 amide bonds. The van der Waals surface area contributed by atoms with Gasteiger partial charge in [0.15, 0.2) is 5.70 Å². The van der Waals surface area contributed by atoms with E-state index in [-0.39, 0.29) is 17.5 Å². The summed E-state index contributed by atoms with van der Waals surface area (Å²) in [6.07, 6.45) is 2.97. The number of hydrogen-bond donors (Lipinski definition) is 2. The Morgan fingerprint density at radius 1 is 1.16 bits per heavy atom. The smallest absolute Gasteiger partial charge is 0.376 e. The summed E-state index contributed by atoms with van der Waals surface area (Å²) in [6.45, 7) is 0. The highest BCUT2D eigenvalue weighted by Gasteiger charge is 2.32. The molecule has 1 heterocycles. The lowest BCUT2D eigenvalue weighted by Crippen LogP contribution is -2.34. The van der Waals surface area contributed by atoms with Gasteiger partial charge in [0.05, 0.1) is 12.8 Å². The minimum absolute atomic E-state index is 0.00993. The van der Waals surface area contributed by atoms with Crippen LogP contribution in [0.1, 0.15) is 23.2 Å². The van der Waals surface area contributed by atoms with Crippen LogP contribution in [0.3, 0.4) is 0 Å². The molecule has 9 heteroatoms. The van der Waals surface area contributed by atoms with Crippen LogP contribution >= 0.6 is 0 Å². The zero-order valence-electron chi connectivity index (χ0n) is 16.7. The number of aliphatic imine (C=N–C) groups is 1. The molecule has 1 saturated heterocycles. The Bertz CT molecular complexity index is 1060. The second-order valence-corrected chi connectivity index (χ2v) is 6.96. The highest BCUT2D eigenvalue weighted by atomic mass is 16.7. The standard InChI is InChI=1S/C22H20N4O5/c1-30-17-11-9-16(10-12-17)26-19(22(29)31-25-26)13-18(21(28)23-15-7-8-15)24-20(27)14-5-3-2-4-6-14/h2-6,9-13,15,25H,7-8H2,1H3,(H,23,28)/b19-13+,24-18?. The number of nitrogens with zero attached hydrogens (tertiary/aromatic N) is 2. The average molecular weight is 420 g/mol. The van der Waals surface area contributed by atoms with Gasteiger partial charge in [0.1, 0.15) is 11.5 Å². The van der Waals surface area contributed by atoms with Crippen LogP contribution < -0.4 is 20.7 Å². The fraction of sp³-hybridized carbons (Fsp3) is 0.182. The number of carbonyl (C=O) groups is 3. The molecule has 1 aliphatic carbocycles. The van der Waals surface area contributed by atoms with E-state index in [1.165, 1.54) is 11.1 Å². The van der Waals surface area contributed by atoms with E-state index in [1.807, 2.05) is 0 Å². The van der Waals surface area contributed by atoms with Crippen molar-refractivity contribution in [3.8, 4) is 5.75 Å². The molecule has 0 unspecified atom stereocenters. The molecule has 0 atom stereocenters. The van der Waals surface area contributed by atoms with Gasteiger partial charge in [-0.2, -0.15) is 0 Å². The molecule has 0 bridgehead atoms. The van der Waals surface area contributed by atoms with Crippen LogP contribution in [0.15, 0.2) is 71.4 Å². The first-order valence-corrected chi connectivity index (χ1v) is 9.67. The normalized spacial score (nSPS) is 17.5. The summed E-state index contributed by atoms with van der Waals surface area (Å²) >= 11 is 0. The molecule has 1 aliphatic heterocycles. The number of ether oxygens (including phenoxy) is 1. The quantitative estimate of drug-likeness (QED) is 0.543. The van der Waals surface area contributed by atoms with E-state index in [1.54, 1.807) is 61.7 Å². The predicted molar refractivity (Wildman–Crippen MR) is 112 cm³/mol. The number of nitrogens with one attached hydrogen (secondary N) is 2. The van der Waals surface area contributed by atoms with Gasteiger partial charge in [-0.15, -0.1) is 0 Å². The van der Waals surface area contributed by atoms with E-state index < -0.39 is 17.8 Å². The third-order valence-corrected chi connectivity index (χ3v) is 4.67. The minimum atomic E-state index is -0.713. The zero-order chi connectivity index (χ0) is 21.8. The van der Waals surface area contributed by atoms with E-state index >= 15 is 0 Å². The summed E-state index contributed by atoms with van der Waals surface area (Å²) in [4.78, 5) is 46.6. The molecule has 2 N–H and O–H groups in total. The maximum Gasteiger partial charge on any atom is 0.376 e. The van der Waals surface area contributed by atoms with Gasteiger partial charge in [-0.25, -0.2) is 14.8 Å². The summed E-state index contributed by atoms with van der Waals surface area (Å²) in [5, 5.41) is 4.15. The van der Waals surface area contributed by atoms with Crippen LogP contribution in [0.2, 0.25) is 0 Å². The molecule has 0 radical (unpaired) electrons. The molecule has 1 saturated carbocycles. The molecule has 31 heavy (non-hydrogen) atoms. The van der Waals surface area contributed by atoms with Crippen LogP contribution in [-0.2, 0) is 14.4 Å². The number of hydrazine groups is 1. The van der Waals surface area contributed by atoms with Gasteiger partial charge in [-0.3, -0.25) is 9.59 Å². The third-order valence-electron chi connectivity index (χ3n) is 4.67. The van der Waals surface area contributed by atoms with Gasteiger partial charge in [0.25, 0.3) is 11.8 Å². The number of rotatable bonds is 6. The number of anilines is 1. The van der Waals surface area contributed by atoms with E-state index in [2.05, 4.69) is 15.9 Å². The number of amides is 2. The first-order chi connectivity index (χ1) is 15.0. The summed E-state index contributed by atoms with van der Waals surface area (Å²) < 4.78 is 5.14. The van der Waals surface area contributed by atoms with Crippen molar-refractivity contribution in [3.05, 3.63) is 71.9 Å². The Kier molecular flexibility index (Phi) is 5.76. The maximum absolute atomic E-state index is 12.7. The maximum atomic E-state index is 12.7. The Balaban J connectivity index is 1.68. The van der Waals surface area contributed by atoms with Crippen LogP contribution in [-0.4, -0.2) is 36.6 Å². The van der Waals surface area contributed by atoms with Crippen molar-refractivity contribution < 1.29 is 24.0 Å². The van der Waals surface area contributed by atoms with Gasteiger partial charge in [0, 0.05) is 17.7 Å². The SMILES string of the molecule is COc1ccc(N2NOC(=O)/C2=C\C(=NC(=O)c2ccccc2)C(=O)NC2CC2)cc1. The van der Waals surface area contributed by atoms with Crippen molar-refractivity contribution in [2.75, 3.05) is 12.1 Å². The molecule has 2 aromatic carbocycles. The fourth-order valence-electron chi connectivity index (χ4n) is 2.85. The van der Waals surface area contributed by atoms with E-state index in [0.29, 0.717) is 17.0 Å². The van der Waals surface area contributed by atoms with Gasteiger partial charge in [-0.1, -0.05) is 23.8 Å². The molecular weight excluding hydrogens is 400 g/mol. The lowest BCUT2D eigenvalue weighted by atomic mass is 10.2. The first-order valence-electron chi connectivity index (χ1n) is 9.67. The van der Waals surface area contributed by atoms with Crippen molar-refractivity contribution in [2.24, 2.45) is 4.99 Å². The first kappa shape index (κ1) is 20.3. The van der Waals surface area contributed by atoms with Crippen LogP contribution in [0.25, 0.3) is 0 Å². The Morgan fingerprint density at radius 3 is 2.52 bits per heavy atom. The number of benzene rings is 2. The van der Waals surface area contributed by atoms with Crippen LogP contribution in [0.5, 0.6) is 5.75 Å². The molecule has 0 aromatic heterocycles. The minimum Gasteiger partial charge on any atom is -0.497 e. The van der Waals surface area contributed by atoms with Crippen molar-refractivity contribution >= 4 is 29.2 Å². The van der Waals surface area contributed by atoms with Gasteiger partial charge < -0.3 is 14.9 Å². The van der Waals surface area contributed by atoms with Crippen molar-refractivity contribution in [1.82, 2.24) is 10.9 Å². The second-order valence-electron chi connectivity index (χ2n) is 6.96. The lowest BCUT2D eigenvalue weighted by Gasteiger charge is -2.16. The summed E-state index contributed by atoms with van der Waals surface area (Å²) in [7, 11) is 1.55. The van der Waals surface area contributed by atoms with Gasteiger partial charge in [0.2, 0.25) is 0 Å². The molecule has 9 nitrogen and oxygen atoms in total. The highest BCUT2D eigenvalue weighted by molar-refractivity contribution is 6.46. The van der Waals surface area contributed by atoms with Crippen LogP contribution in [0.4, 0.5) is 5.69 Å². The largest absolute Gasteiger partial charge is 0.497 e. The molecule has 2 fully saturated rings. The zero-order valence-corrected chi connectivity index (χ0v) is 16.7. The molecule has 2 aromatic rings. The van der Waals surface area contributed by atoms with E-state index in [4.69, 9.17) is 9.57 Å². The number of methoxy groups -OCH3 is 1. The summed E-state index contributed by atoms with van der Waals surface area (Å²) in [5.41, 5.74) is 3.21. The van der Waals surface area contributed by atoms with E-state index in [9.17, 15) is 14.4 Å². The van der Waals surface area contributed by atoms with Gasteiger partial charge >= 0.3 is 5.97 Å². The molecule has 158 valence electrons. The summed E-state index contributed by atoms with van der Waals surface area (Å²) in [5.74, 6) is -1.20. The highest BCUT2D eigenvalue weighted by Crippen LogP contribution is 2.25. The monoisotopic (exact) mass is 420 g/mol. The van der Waals surface area contributed by atoms with Crippen molar-refractivity contribution in [1.29, 1.82) is 0 Å². The topological polar surface area (TPSA) is 109 Å². The average Bonchev–Trinajstić information content (AvgIpc) is 3.55. The van der Waals surface area contributed by atoms with Crippen molar-refractivity contribution in [2.45, 2.75) is 18.9 Å². The number of hydrogen-bond acceptors (Lipinski definition) is 7. The summed E-state index contributed by atoms with van der Waals surface area (Å²) in [6, 6.07) is 15.3. The third kappa shape index (κ3) is 4.78. The lowest BCUT2D eigenvalue weighted by molar-refractivity contribution is -0.140. The molecular formula is C22H20N4O5.